The van der Waals surface area contributed by atoms with Gasteiger partial charge >= 0.3 is 0 Å². The number of amides is 1. The Hall–Kier alpha value is -1.35. The molecule has 98 valence electrons. The first-order valence-corrected chi connectivity index (χ1v) is 6.81. The van der Waals surface area contributed by atoms with Crippen LogP contribution in [0.2, 0.25) is 0 Å². The van der Waals surface area contributed by atoms with Crippen LogP contribution in [0.25, 0.3) is 0 Å². The largest absolute Gasteiger partial charge is 0.341 e. The lowest BCUT2D eigenvalue weighted by atomic mass is 9.94. The zero-order valence-corrected chi connectivity index (χ0v) is 11.0. The number of piperidine rings is 1. The molecule has 1 amide bonds. The second-order valence-corrected chi connectivity index (χ2v) is 5.09. The van der Waals surface area contributed by atoms with Gasteiger partial charge in [-0.25, -0.2) is 0 Å². The van der Waals surface area contributed by atoms with Crippen LogP contribution in [-0.4, -0.2) is 23.9 Å². The number of rotatable bonds is 3. The summed E-state index contributed by atoms with van der Waals surface area (Å²) in [6.07, 6.45) is 3.48. The first-order chi connectivity index (χ1) is 8.72. The number of benzene rings is 1. The first-order valence-electron chi connectivity index (χ1n) is 6.81. The Balaban J connectivity index is 2.02. The van der Waals surface area contributed by atoms with E-state index in [0.29, 0.717) is 5.92 Å². The van der Waals surface area contributed by atoms with E-state index in [2.05, 4.69) is 6.92 Å². The van der Waals surface area contributed by atoms with Crippen molar-refractivity contribution in [1.82, 2.24) is 4.90 Å². The molecule has 2 atom stereocenters. The van der Waals surface area contributed by atoms with Crippen LogP contribution in [0.5, 0.6) is 0 Å². The maximum Gasteiger partial charge on any atom is 0.244 e. The highest BCUT2D eigenvalue weighted by atomic mass is 16.2. The molecule has 1 unspecified atom stereocenters. The van der Waals surface area contributed by atoms with Crippen LogP contribution in [-0.2, 0) is 4.79 Å². The van der Waals surface area contributed by atoms with Gasteiger partial charge in [0.15, 0.2) is 0 Å². The molecule has 0 bridgehead atoms. The summed E-state index contributed by atoms with van der Waals surface area (Å²) in [4.78, 5) is 14.3. The molecule has 1 aromatic carbocycles. The summed E-state index contributed by atoms with van der Waals surface area (Å²) >= 11 is 0. The third kappa shape index (κ3) is 2.91. The van der Waals surface area contributed by atoms with Crippen LogP contribution in [0.1, 0.15) is 37.8 Å². The summed E-state index contributed by atoms with van der Waals surface area (Å²) < 4.78 is 0. The number of hydrogen-bond acceptors (Lipinski definition) is 2. The fourth-order valence-electron chi connectivity index (χ4n) is 2.60. The minimum atomic E-state index is -0.512. The average molecular weight is 246 g/mol. The van der Waals surface area contributed by atoms with E-state index in [-0.39, 0.29) is 5.91 Å². The molecule has 18 heavy (non-hydrogen) atoms. The van der Waals surface area contributed by atoms with Crippen LogP contribution in [0.3, 0.4) is 0 Å². The summed E-state index contributed by atoms with van der Waals surface area (Å²) in [5.41, 5.74) is 6.97. The predicted molar refractivity (Wildman–Crippen MR) is 73.0 cm³/mol. The van der Waals surface area contributed by atoms with Crippen LogP contribution in [0.15, 0.2) is 30.3 Å². The number of carbonyl (C=O) groups is 1. The highest BCUT2D eigenvalue weighted by Gasteiger charge is 2.26. The second kappa shape index (κ2) is 6.01. The lowest BCUT2D eigenvalue weighted by Gasteiger charge is -2.34. The standard InChI is InChI=1S/C15H22N2O/c1-2-12-7-6-10-17(11-12)15(18)14(16)13-8-4-3-5-9-13/h3-5,8-9,12,14H,2,6-7,10-11,16H2,1H3/t12?,14-/m1/s1. The molecule has 1 aliphatic heterocycles. The third-order valence-electron chi connectivity index (χ3n) is 3.83. The number of nitrogens with two attached hydrogens (primary N) is 1. The van der Waals surface area contributed by atoms with E-state index >= 15 is 0 Å². The van der Waals surface area contributed by atoms with Gasteiger partial charge in [-0.2, -0.15) is 0 Å². The number of nitrogens with zero attached hydrogens (tertiary/aromatic N) is 1. The molecule has 3 nitrogen and oxygen atoms in total. The third-order valence-corrected chi connectivity index (χ3v) is 3.83. The molecule has 0 aromatic heterocycles. The van der Waals surface area contributed by atoms with Crippen molar-refractivity contribution in [1.29, 1.82) is 0 Å². The molecule has 0 spiro atoms. The zero-order valence-electron chi connectivity index (χ0n) is 11.0. The van der Waals surface area contributed by atoms with E-state index in [1.807, 2.05) is 35.2 Å². The number of likely N-dealkylation sites (tertiary alicyclic amines) is 1. The smallest absolute Gasteiger partial charge is 0.244 e. The maximum atomic E-state index is 12.4. The predicted octanol–water partition coefficient (Wildman–Crippen LogP) is 2.34. The Morgan fingerprint density at radius 1 is 1.44 bits per heavy atom. The molecule has 1 fully saturated rings. The van der Waals surface area contributed by atoms with Crippen molar-refractivity contribution >= 4 is 5.91 Å². The van der Waals surface area contributed by atoms with Crippen molar-refractivity contribution in [3.63, 3.8) is 0 Å². The van der Waals surface area contributed by atoms with Crippen molar-refractivity contribution in [3.8, 4) is 0 Å². The lowest BCUT2D eigenvalue weighted by Crippen LogP contribution is -2.44. The first kappa shape index (κ1) is 13.1. The Bertz CT molecular complexity index is 391. The average Bonchev–Trinajstić information content (AvgIpc) is 2.46. The van der Waals surface area contributed by atoms with Gasteiger partial charge in [-0.1, -0.05) is 43.7 Å². The van der Waals surface area contributed by atoms with Crippen molar-refractivity contribution in [3.05, 3.63) is 35.9 Å². The van der Waals surface area contributed by atoms with E-state index in [0.717, 1.165) is 31.5 Å². The normalized spacial score (nSPS) is 21.7. The maximum absolute atomic E-state index is 12.4. The van der Waals surface area contributed by atoms with Gasteiger partial charge in [-0.15, -0.1) is 0 Å². The highest BCUT2D eigenvalue weighted by molar-refractivity contribution is 5.83. The summed E-state index contributed by atoms with van der Waals surface area (Å²) in [6, 6.07) is 9.12. The SMILES string of the molecule is CCC1CCCN(C(=O)[C@H](N)c2ccccc2)C1. The Morgan fingerprint density at radius 3 is 2.83 bits per heavy atom. The molecule has 0 aliphatic carbocycles. The van der Waals surface area contributed by atoms with Gasteiger partial charge in [0.2, 0.25) is 5.91 Å². The second-order valence-electron chi connectivity index (χ2n) is 5.09. The summed E-state index contributed by atoms with van der Waals surface area (Å²) in [5, 5.41) is 0. The molecule has 1 saturated heterocycles. The molecule has 0 radical (unpaired) electrons. The number of hydrogen-bond donors (Lipinski definition) is 1. The Labute approximate surface area is 109 Å². The fourth-order valence-corrected chi connectivity index (χ4v) is 2.60. The minimum absolute atomic E-state index is 0.0688. The minimum Gasteiger partial charge on any atom is -0.341 e. The van der Waals surface area contributed by atoms with Gasteiger partial charge < -0.3 is 10.6 Å². The van der Waals surface area contributed by atoms with Crippen LogP contribution in [0.4, 0.5) is 0 Å². The summed E-state index contributed by atoms with van der Waals surface area (Å²) in [7, 11) is 0. The molecule has 2 N–H and O–H groups in total. The molecule has 1 aromatic rings. The lowest BCUT2D eigenvalue weighted by molar-refractivity contribution is -0.134. The Kier molecular flexibility index (Phi) is 4.37. The van der Waals surface area contributed by atoms with Gasteiger partial charge in [-0.05, 0) is 24.3 Å². The van der Waals surface area contributed by atoms with Crippen molar-refractivity contribution < 1.29 is 4.79 Å². The fraction of sp³-hybridized carbons (Fsp3) is 0.533. The van der Waals surface area contributed by atoms with E-state index < -0.39 is 6.04 Å². The summed E-state index contributed by atoms with van der Waals surface area (Å²) in [5.74, 6) is 0.713. The van der Waals surface area contributed by atoms with E-state index in [1.165, 1.54) is 6.42 Å². The van der Waals surface area contributed by atoms with Crippen LogP contribution >= 0.6 is 0 Å². The van der Waals surface area contributed by atoms with Gasteiger partial charge in [-0.3, -0.25) is 4.79 Å². The quantitative estimate of drug-likeness (QED) is 0.889. The number of carbonyl (C=O) groups excluding carboxylic acids is 1. The van der Waals surface area contributed by atoms with Gasteiger partial charge in [0.25, 0.3) is 0 Å². The molecule has 2 rings (SSSR count). The van der Waals surface area contributed by atoms with Gasteiger partial charge in [0.05, 0.1) is 0 Å². The van der Waals surface area contributed by atoms with Gasteiger partial charge in [0, 0.05) is 13.1 Å². The molecule has 1 aliphatic rings. The van der Waals surface area contributed by atoms with Crippen molar-refractivity contribution in [2.24, 2.45) is 11.7 Å². The molecule has 0 saturated carbocycles. The Morgan fingerprint density at radius 2 is 2.17 bits per heavy atom. The van der Waals surface area contributed by atoms with E-state index in [1.54, 1.807) is 0 Å². The highest BCUT2D eigenvalue weighted by Crippen LogP contribution is 2.22. The molecule has 1 heterocycles. The molecule has 3 heteroatoms. The monoisotopic (exact) mass is 246 g/mol. The zero-order chi connectivity index (χ0) is 13.0. The van der Waals surface area contributed by atoms with E-state index in [4.69, 9.17) is 5.73 Å². The van der Waals surface area contributed by atoms with Gasteiger partial charge in [0.1, 0.15) is 6.04 Å². The molecular weight excluding hydrogens is 224 g/mol. The van der Waals surface area contributed by atoms with Crippen molar-refractivity contribution in [2.45, 2.75) is 32.2 Å². The van der Waals surface area contributed by atoms with Crippen LogP contribution < -0.4 is 5.73 Å². The van der Waals surface area contributed by atoms with Crippen LogP contribution in [0, 0.1) is 5.92 Å². The van der Waals surface area contributed by atoms with E-state index in [9.17, 15) is 4.79 Å². The topological polar surface area (TPSA) is 46.3 Å². The van der Waals surface area contributed by atoms with Crippen molar-refractivity contribution in [2.75, 3.05) is 13.1 Å². The molecular formula is C15H22N2O. The summed E-state index contributed by atoms with van der Waals surface area (Å²) in [6.45, 7) is 3.92.